The molecule has 0 atom stereocenters. The molecule has 0 heterocycles. The number of aldehydes is 1. The molecule has 0 N–H and O–H groups in total. The molecule has 2 nitrogen and oxygen atoms in total. The normalized spacial score (nSPS) is 9.57. The van der Waals surface area contributed by atoms with Crippen LogP contribution in [0.25, 0.3) is 0 Å². The molecule has 0 saturated heterocycles. The first kappa shape index (κ1) is 11.0. The molecule has 0 aliphatic carbocycles. The lowest BCUT2D eigenvalue weighted by Gasteiger charge is -2.08. The van der Waals surface area contributed by atoms with E-state index in [-0.39, 0.29) is 0 Å². The third-order valence-corrected chi connectivity index (χ3v) is 2.07. The molecule has 0 amide bonds. The molecule has 1 aromatic carbocycles. The van der Waals surface area contributed by atoms with E-state index >= 15 is 0 Å². The van der Waals surface area contributed by atoms with E-state index in [1.165, 1.54) is 0 Å². The van der Waals surface area contributed by atoms with Crippen molar-refractivity contribution >= 4 is 22.2 Å². The molecule has 0 spiro atoms. The predicted molar refractivity (Wildman–Crippen MR) is 59.8 cm³/mol. The van der Waals surface area contributed by atoms with Gasteiger partial charge in [0.05, 0.1) is 5.56 Å². The fourth-order valence-electron chi connectivity index (χ4n) is 0.932. The minimum absolute atomic E-state index is 0.428. The van der Waals surface area contributed by atoms with Crippen molar-refractivity contribution in [1.82, 2.24) is 0 Å². The van der Waals surface area contributed by atoms with Gasteiger partial charge in [-0.25, -0.2) is 0 Å². The third kappa shape index (κ3) is 3.00. The summed E-state index contributed by atoms with van der Waals surface area (Å²) < 4.78 is 6.30. The second kappa shape index (κ2) is 4.96. The summed E-state index contributed by atoms with van der Waals surface area (Å²) in [6, 6.07) is 5.29. The summed E-state index contributed by atoms with van der Waals surface area (Å²) >= 11 is 3.31. The minimum atomic E-state index is 0.428. The molecule has 0 saturated carbocycles. The Morgan fingerprint density at radius 1 is 1.64 bits per heavy atom. The van der Waals surface area contributed by atoms with Crippen LogP contribution in [-0.4, -0.2) is 12.9 Å². The van der Waals surface area contributed by atoms with Gasteiger partial charge >= 0.3 is 0 Å². The smallest absolute Gasteiger partial charge is 0.153 e. The van der Waals surface area contributed by atoms with Crippen LogP contribution in [0.5, 0.6) is 5.75 Å². The number of benzene rings is 1. The molecule has 3 heteroatoms. The fraction of sp³-hybridized carbons (Fsp3) is 0.182. The van der Waals surface area contributed by atoms with Crippen molar-refractivity contribution in [3.8, 4) is 5.75 Å². The van der Waals surface area contributed by atoms with Crippen molar-refractivity contribution in [2.45, 2.75) is 6.92 Å². The maximum atomic E-state index is 10.7. The lowest BCUT2D eigenvalue weighted by Crippen LogP contribution is -2.00. The number of carbonyl (C=O) groups is 1. The maximum absolute atomic E-state index is 10.7. The Balaban J connectivity index is 2.87. The topological polar surface area (TPSA) is 26.3 Å². The van der Waals surface area contributed by atoms with Gasteiger partial charge in [-0.2, -0.15) is 0 Å². The first-order valence-electron chi connectivity index (χ1n) is 4.15. The van der Waals surface area contributed by atoms with Crippen molar-refractivity contribution < 1.29 is 9.53 Å². The first-order valence-corrected chi connectivity index (χ1v) is 4.94. The van der Waals surface area contributed by atoms with E-state index in [1.807, 2.05) is 6.92 Å². The Morgan fingerprint density at radius 3 is 2.93 bits per heavy atom. The van der Waals surface area contributed by atoms with Gasteiger partial charge in [0.15, 0.2) is 6.29 Å². The number of halogens is 1. The van der Waals surface area contributed by atoms with Gasteiger partial charge in [-0.05, 0) is 30.7 Å². The number of carbonyl (C=O) groups excluding carboxylic acids is 1. The second-order valence-corrected chi connectivity index (χ2v) is 3.96. The lowest BCUT2D eigenvalue weighted by atomic mass is 10.2. The molecule has 0 radical (unpaired) electrons. The van der Waals surface area contributed by atoms with E-state index in [2.05, 4.69) is 22.5 Å². The van der Waals surface area contributed by atoms with E-state index in [4.69, 9.17) is 4.74 Å². The summed E-state index contributed by atoms with van der Waals surface area (Å²) in [5.41, 5.74) is 1.47. The van der Waals surface area contributed by atoms with Gasteiger partial charge in [-0.15, -0.1) is 0 Å². The summed E-state index contributed by atoms with van der Waals surface area (Å²) in [5.74, 6) is 0.581. The summed E-state index contributed by atoms with van der Waals surface area (Å²) in [6.07, 6.45) is 0.778. The van der Waals surface area contributed by atoms with Gasteiger partial charge in [0.2, 0.25) is 0 Å². The Bertz CT molecular complexity index is 358. The van der Waals surface area contributed by atoms with Gasteiger partial charge < -0.3 is 4.74 Å². The number of hydrogen-bond donors (Lipinski definition) is 0. The molecule has 0 fully saturated rings. The average molecular weight is 255 g/mol. The van der Waals surface area contributed by atoms with Crippen molar-refractivity contribution in [3.05, 3.63) is 40.4 Å². The quantitative estimate of drug-likeness (QED) is 0.610. The molecule has 1 rings (SSSR count). The molecular formula is C11H11BrO2. The Kier molecular flexibility index (Phi) is 3.89. The van der Waals surface area contributed by atoms with E-state index in [0.29, 0.717) is 17.9 Å². The summed E-state index contributed by atoms with van der Waals surface area (Å²) in [4.78, 5) is 10.7. The number of ether oxygens (including phenoxy) is 1. The van der Waals surface area contributed by atoms with Crippen LogP contribution in [0.4, 0.5) is 0 Å². The van der Waals surface area contributed by atoms with Crippen LogP contribution >= 0.6 is 15.9 Å². The SMILES string of the molecule is C=C(C)COc1cc(Br)ccc1C=O. The Labute approximate surface area is 91.7 Å². The fourth-order valence-corrected chi connectivity index (χ4v) is 1.27. The van der Waals surface area contributed by atoms with Crippen LogP contribution in [0.3, 0.4) is 0 Å². The highest BCUT2D eigenvalue weighted by Crippen LogP contribution is 2.22. The molecule has 0 aliphatic heterocycles. The van der Waals surface area contributed by atoms with Crippen molar-refractivity contribution in [1.29, 1.82) is 0 Å². The van der Waals surface area contributed by atoms with E-state index in [9.17, 15) is 4.79 Å². The Hall–Kier alpha value is -1.09. The van der Waals surface area contributed by atoms with Gasteiger partial charge in [0, 0.05) is 4.47 Å². The zero-order valence-corrected chi connectivity index (χ0v) is 9.50. The van der Waals surface area contributed by atoms with Crippen molar-refractivity contribution in [2.75, 3.05) is 6.61 Å². The molecule has 0 bridgehead atoms. The standard InChI is InChI=1S/C11H11BrO2/c1-8(2)7-14-11-5-10(12)4-3-9(11)6-13/h3-6H,1,7H2,2H3. The lowest BCUT2D eigenvalue weighted by molar-refractivity contribution is 0.112. The largest absolute Gasteiger partial charge is 0.488 e. The van der Waals surface area contributed by atoms with E-state index in [1.54, 1.807) is 18.2 Å². The van der Waals surface area contributed by atoms with Crippen molar-refractivity contribution in [2.24, 2.45) is 0 Å². The van der Waals surface area contributed by atoms with Crippen LogP contribution in [0, 0.1) is 0 Å². The summed E-state index contributed by atoms with van der Waals surface area (Å²) in [5, 5.41) is 0. The second-order valence-electron chi connectivity index (χ2n) is 3.05. The van der Waals surface area contributed by atoms with Crippen LogP contribution < -0.4 is 4.74 Å². The van der Waals surface area contributed by atoms with Crippen molar-refractivity contribution in [3.63, 3.8) is 0 Å². The Morgan fingerprint density at radius 2 is 2.36 bits per heavy atom. The van der Waals surface area contributed by atoms with E-state index < -0.39 is 0 Å². The third-order valence-electron chi connectivity index (χ3n) is 1.58. The maximum Gasteiger partial charge on any atom is 0.153 e. The molecular weight excluding hydrogens is 244 g/mol. The highest BCUT2D eigenvalue weighted by Gasteiger charge is 2.03. The number of hydrogen-bond acceptors (Lipinski definition) is 2. The van der Waals surface area contributed by atoms with Crippen LogP contribution in [0.15, 0.2) is 34.8 Å². The van der Waals surface area contributed by atoms with Crippen LogP contribution in [0.1, 0.15) is 17.3 Å². The van der Waals surface area contributed by atoms with Crippen LogP contribution in [0.2, 0.25) is 0 Å². The molecule has 74 valence electrons. The summed E-state index contributed by atoms with van der Waals surface area (Å²) in [7, 11) is 0. The van der Waals surface area contributed by atoms with Gasteiger partial charge in [-0.1, -0.05) is 22.5 Å². The monoisotopic (exact) mass is 254 g/mol. The van der Waals surface area contributed by atoms with Gasteiger partial charge in [0.1, 0.15) is 12.4 Å². The first-order chi connectivity index (χ1) is 6.63. The van der Waals surface area contributed by atoms with Gasteiger partial charge in [0.25, 0.3) is 0 Å². The molecule has 0 aliphatic rings. The highest BCUT2D eigenvalue weighted by atomic mass is 79.9. The van der Waals surface area contributed by atoms with Crippen LogP contribution in [-0.2, 0) is 0 Å². The molecule has 14 heavy (non-hydrogen) atoms. The predicted octanol–water partition coefficient (Wildman–Crippen LogP) is 3.22. The minimum Gasteiger partial charge on any atom is -0.488 e. The van der Waals surface area contributed by atoms with Gasteiger partial charge in [-0.3, -0.25) is 4.79 Å². The molecule has 0 unspecified atom stereocenters. The zero-order valence-electron chi connectivity index (χ0n) is 7.92. The molecule has 1 aromatic rings. The average Bonchev–Trinajstić information content (AvgIpc) is 2.15. The molecule has 0 aromatic heterocycles. The number of rotatable bonds is 4. The van der Waals surface area contributed by atoms with E-state index in [0.717, 1.165) is 16.3 Å². The highest BCUT2D eigenvalue weighted by molar-refractivity contribution is 9.10. The zero-order chi connectivity index (χ0) is 10.6. The summed E-state index contributed by atoms with van der Waals surface area (Å²) in [6.45, 7) is 6.02.